The summed E-state index contributed by atoms with van der Waals surface area (Å²) in [6, 6.07) is 7.20. The number of amides is 1. The van der Waals surface area contributed by atoms with Crippen molar-refractivity contribution in [3.63, 3.8) is 0 Å². The molecule has 0 aliphatic carbocycles. The number of carbonyl (C=O) groups excluding carboxylic acids is 2. The zero-order valence-electron chi connectivity index (χ0n) is 15.4. The summed E-state index contributed by atoms with van der Waals surface area (Å²) in [6.45, 7) is 3.89. The molecule has 3 aromatic rings. The van der Waals surface area contributed by atoms with Crippen LogP contribution in [0.25, 0.3) is 5.69 Å². The van der Waals surface area contributed by atoms with Crippen LogP contribution in [0.15, 0.2) is 35.8 Å². The SMILES string of the molecule is COC(=O)CCc1c(C)nn(-c2ccc(C(=O)Nc3nccs3)cc2)c1C. The fourth-order valence-electron chi connectivity index (χ4n) is 2.83. The molecule has 0 spiro atoms. The average Bonchev–Trinajstić information content (AvgIpc) is 3.28. The van der Waals surface area contributed by atoms with E-state index in [0.717, 1.165) is 22.6 Å². The summed E-state index contributed by atoms with van der Waals surface area (Å²) in [5.41, 5.74) is 4.27. The van der Waals surface area contributed by atoms with Crippen molar-refractivity contribution in [2.45, 2.75) is 26.7 Å². The first-order chi connectivity index (χ1) is 13.0. The van der Waals surface area contributed by atoms with Crippen molar-refractivity contribution >= 4 is 28.3 Å². The van der Waals surface area contributed by atoms with E-state index in [4.69, 9.17) is 4.74 Å². The second-order valence-electron chi connectivity index (χ2n) is 5.98. The maximum absolute atomic E-state index is 12.3. The number of methoxy groups -OCH3 is 1. The number of anilines is 1. The van der Waals surface area contributed by atoms with Crippen LogP contribution in [0.2, 0.25) is 0 Å². The van der Waals surface area contributed by atoms with Crippen LogP contribution in [-0.4, -0.2) is 33.8 Å². The molecule has 0 fully saturated rings. The molecule has 0 aliphatic rings. The summed E-state index contributed by atoms with van der Waals surface area (Å²) < 4.78 is 6.53. The Hall–Kier alpha value is -3.00. The predicted molar refractivity (Wildman–Crippen MR) is 103 cm³/mol. The molecule has 0 saturated carbocycles. The van der Waals surface area contributed by atoms with E-state index >= 15 is 0 Å². The lowest BCUT2D eigenvalue weighted by molar-refractivity contribution is -0.140. The highest BCUT2D eigenvalue weighted by atomic mass is 32.1. The second kappa shape index (κ2) is 8.13. The molecule has 0 unspecified atom stereocenters. The monoisotopic (exact) mass is 384 g/mol. The molecule has 1 N–H and O–H groups in total. The topological polar surface area (TPSA) is 86.1 Å². The van der Waals surface area contributed by atoms with Gasteiger partial charge in [0.1, 0.15) is 0 Å². The molecule has 0 bridgehead atoms. The summed E-state index contributed by atoms with van der Waals surface area (Å²) in [7, 11) is 1.39. The van der Waals surface area contributed by atoms with Gasteiger partial charge in [0.15, 0.2) is 5.13 Å². The van der Waals surface area contributed by atoms with E-state index in [-0.39, 0.29) is 11.9 Å². The van der Waals surface area contributed by atoms with E-state index < -0.39 is 0 Å². The van der Waals surface area contributed by atoms with Gasteiger partial charge in [-0.2, -0.15) is 5.10 Å². The third kappa shape index (κ3) is 4.22. The molecule has 2 heterocycles. The maximum Gasteiger partial charge on any atom is 0.305 e. The summed E-state index contributed by atoms with van der Waals surface area (Å²) in [5, 5.41) is 9.70. The third-order valence-electron chi connectivity index (χ3n) is 4.27. The minimum Gasteiger partial charge on any atom is -0.469 e. The van der Waals surface area contributed by atoms with Gasteiger partial charge in [0.05, 0.1) is 18.5 Å². The molecule has 1 amide bonds. The number of aromatic nitrogens is 3. The highest BCUT2D eigenvalue weighted by Crippen LogP contribution is 2.20. The van der Waals surface area contributed by atoms with Gasteiger partial charge in [-0.1, -0.05) is 0 Å². The number of aryl methyl sites for hydroxylation is 1. The highest BCUT2D eigenvalue weighted by Gasteiger charge is 2.15. The number of carbonyl (C=O) groups is 2. The van der Waals surface area contributed by atoms with Gasteiger partial charge in [0, 0.05) is 29.3 Å². The van der Waals surface area contributed by atoms with Crippen molar-refractivity contribution in [1.82, 2.24) is 14.8 Å². The van der Waals surface area contributed by atoms with Gasteiger partial charge < -0.3 is 4.74 Å². The van der Waals surface area contributed by atoms with Crippen molar-refractivity contribution in [1.29, 1.82) is 0 Å². The number of benzene rings is 1. The molecule has 3 rings (SSSR count). The van der Waals surface area contributed by atoms with E-state index in [1.54, 1.807) is 23.7 Å². The number of rotatable bonds is 6. The van der Waals surface area contributed by atoms with Gasteiger partial charge >= 0.3 is 5.97 Å². The minimum absolute atomic E-state index is 0.205. The molecule has 0 atom stereocenters. The molecule has 8 heteroatoms. The predicted octanol–water partition coefficient (Wildman–Crippen LogP) is 3.30. The number of hydrogen-bond donors (Lipinski definition) is 1. The molecule has 7 nitrogen and oxygen atoms in total. The summed E-state index contributed by atoms with van der Waals surface area (Å²) in [5.74, 6) is -0.444. The summed E-state index contributed by atoms with van der Waals surface area (Å²) in [6.07, 6.45) is 2.54. The quantitative estimate of drug-likeness (QED) is 0.659. The molecule has 0 radical (unpaired) electrons. The zero-order chi connectivity index (χ0) is 19.4. The molecule has 2 aromatic heterocycles. The van der Waals surface area contributed by atoms with Crippen LogP contribution in [0.3, 0.4) is 0 Å². The van der Waals surface area contributed by atoms with Gasteiger partial charge in [0.2, 0.25) is 0 Å². The Bertz CT molecular complexity index is 946. The van der Waals surface area contributed by atoms with Gasteiger partial charge in [0.25, 0.3) is 5.91 Å². The van der Waals surface area contributed by atoms with Crippen LogP contribution in [0.5, 0.6) is 0 Å². The normalized spacial score (nSPS) is 10.6. The van der Waals surface area contributed by atoms with E-state index in [0.29, 0.717) is 23.5 Å². The molecular formula is C19H20N4O3S. The van der Waals surface area contributed by atoms with Crippen molar-refractivity contribution < 1.29 is 14.3 Å². The lowest BCUT2D eigenvalue weighted by Crippen LogP contribution is -2.11. The van der Waals surface area contributed by atoms with Crippen LogP contribution < -0.4 is 5.32 Å². The zero-order valence-corrected chi connectivity index (χ0v) is 16.2. The third-order valence-corrected chi connectivity index (χ3v) is 4.96. The number of ether oxygens (including phenoxy) is 1. The van der Waals surface area contributed by atoms with Crippen LogP contribution in [-0.2, 0) is 16.0 Å². The van der Waals surface area contributed by atoms with E-state index in [9.17, 15) is 9.59 Å². The lowest BCUT2D eigenvalue weighted by atomic mass is 10.1. The number of hydrogen-bond acceptors (Lipinski definition) is 6. The molecule has 140 valence electrons. The summed E-state index contributed by atoms with van der Waals surface area (Å²) >= 11 is 1.37. The van der Waals surface area contributed by atoms with Crippen LogP contribution in [0.4, 0.5) is 5.13 Å². The number of esters is 1. The smallest absolute Gasteiger partial charge is 0.305 e. The maximum atomic E-state index is 12.3. The summed E-state index contributed by atoms with van der Waals surface area (Å²) in [4.78, 5) is 27.7. The van der Waals surface area contributed by atoms with Crippen LogP contribution >= 0.6 is 11.3 Å². The van der Waals surface area contributed by atoms with Crippen LogP contribution in [0.1, 0.15) is 33.7 Å². The van der Waals surface area contributed by atoms with Gasteiger partial charge in [-0.05, 0) is 50.1 Å². The Morgan fingerprint density at radius 3 is 2.59 bits per heavy atom. The first-order valence-electron chi connectivity index (χ1n) is 8.42. The lowest BCUT2D eigenvalue weighted by Gasteiger charge is -2.07. The van der Waals surface area contributed by atoms with Crippen LogP contribution in [0, 0.1) is 13.8 Å². The highest BCUT2D eigenvalue weighted by molar-refractivity contribution is 7.13. The van der Waals surface area contributed by atoms with Crippen molar-refractivity contribution in [3.8, 4) is 5.69 Å². The fraction of sp³-hybridized carbons (Fsp3) is 0.263. The van der Waals surface area contributed by atoms with E-state index in [1.807, 2.05) is 30.7 Å². The molecule has 27 heavy (non-hydrogen) atoms. The number of nitrogens with zero attached hydrogens (tertiary/aromatic N) is 3. The van der Waals surface area contributed by atoms with Crippen molar-refractivity contribution in [2.75, 3.05) is 12.4 Å². The Kier molecular flexibility index (Phi) is 5.66. The molecule has 1 aromatic carbocycles. The van der Waals surface area contributed by atoms with Gasteiger partial charge in [-0.25, -0.2) is 9.67 Å². The first kappa shape index (κ1) is 18.8. The Morgan fingerprint density at radius 2 is 1.96 bits per heavy atom. The Balaban J connectivity index is 1.77. The molecule has 0 aliphatic heterocycles. The van der Waals surface area contributed by atoms with Crippen molar-refractivity contribution in [3.05, 3.63) is 58.4 Å². The Morgan fingerprint density at radius 1 is 1.22 bits per heavy atom. The molecule has 0 saturated heterocycles. The largest absolute Gasteiger partial charge is 0.469 e. The number of thiazole rings is 1. The van der Waals surface area contributed by atoms with E-state index in [1.165, 1.54) is 18.4 Å². The first-order valence-corrected chi connectivity index (χ1v) is 9.30. The molecular weight excluding hydrogens is 364 g/mol. The van der Waals surface area contributed by atoms with Gasteiger partial charge in [-0.3, -0.25) is 14.9 Å². The average molecular weight is 384 g/mol. The van der Waals surface area contributed by atoms with Gasteiger partial charge in [-0.15, -0.1) is 11.3 Å². The Labute approximate surface area is 161 Å². The van der Waals surface area contributed by atoms with Crippen molar-refractivity contribution in [2.24, 2.45) is 0 Å². The second-order valence-corrected chi connectivity index (χ2v) is 6.87. The fourth-order valence-corrected chi connectivity index (χ4v) is 3.35. The number of nitrogens with one attached hydrogen (secondary N) is 1. The minimum atomic E-state index is -0.239. The van der Waals surface area contributed by atoms with E-state index in [2.05, 4.69) is 15.4 Å². The standard InChI is InChI=1S/C19H20N4O3S/c1-12-16(8-9-17(24)26-3)13(2)23(22-12)15-6-4-14(5-7-15)18(25)21-19-20-10-11-27-19/h4-7,10-11H,8-9H2,1-3H3,(H,20,21,25).